The van der Waals surface area contributed by atoms with Gasteiger partial charge in [0, 0.05) is 16.0 Å². The zero-order chi connectivity index (χ0) is 14.7. The molecule has 0 aliphatic carbocycles. The van der Waals surface area contributed by atoms with Crippen molar-refractivity contribution in [2.75, 3.05) is 6.54 Å². The van der Waals surface area contributed by atoms with Crippen molar-refractivity contribution < 1.29 is 5.11 Å². The maximum absolute atomic E-state index is 9.39. The molecule has 0 fully saturated rings. The zero-order valence-electron chi connectivity index (χ0n) is 11.5. The molecule has 0 amide bonds. The normalized spacial score (nSPS) is 10.7. The molecule has 0 aliphatic heterocycles. The average Bonchev–Trinajstić information content (AvgIpc) is 2.93. The molecule has 3 N–H and O–H groups in total. The van der Waals surface area contributed by atoms with E-state index in [0.717, 1.165) is 28.2 Å². The number of thiazole rings is 1. The minimum Gasteiger partial charge on any atom is -0.508 e. The van der Waals surface area contributed by atoms with Crippen molar-refractivity contribution in [3.63, 3.8) is 0 Å². The zero-order valence-corrected chi connectivity index (χ0v) is 12.3. The molecule has 3 rings (SSSR count). The van der Waals surface area contributed by atoms with Gasteiger partial charge in [0.05, 0.1) is 5.69 Å². The summed E-state index contributed by atoms with van der Waals surface area (Å²) in [6.45, 7) is 0.608. The van der Waals surface area contributed by atoms with Crippen LogP contribution in [0.4, 0.5) is 0 Å². The van der Waals surface area contributed by atoms with E-state index in [4.69, 9.17) is 10.7 Å². The van der Waals surface area contributed by atoms with Gasteiger partial charge in [-0.1, -0.05) is 30.3 Å². The van der Waals surface area contributed by atoms with Crippen LogP contribution < -0.4 is 5.73 Å². The highest BCUT2D eigenvalue weighted by Gasteiger charge is 2.13. The number of phenolic OH excluding ortho intramolecular Hbond substituents is 1. The van der Waals surface area contributed by atoms with Crippen LogP contribution >= 0.6 is 11.3 Å². The molecule has 0 saturated carbocycles. The minimum absolute atomic E-state index is 0.265. The molecule has 2 aromatic carbocycles. The van der Waals surface area contributed by atoms with E-state index in [-0.39, 0.29) is 5.75 Å². The third-order valence-corrected chi connectivity index (χ3v) is 4.39. The fourth-order valence-electron chi connectivity index (χ4n) is 2.20. The first-order valence-corrected chi connectivity index (χ1v) is 7.64. The molecule has 1 heterocycles. The predicted octanol–water partition coefficient (Wildman–Crippen LogP) is 3.68. The molecule has 0 bridgehead atoms. The van der Waals surface area contributed by atoms with Gasteiger partial charge < -0.3 is 10.8 Å². The second-order valence-electron chi connectivity index (χ2n) is 4.74. The Balaban J connectivity index is 2.06. The summed E-state index contributed by atoms with van der Waals surface area (Å²) in [5.41, 5.74) is 8.86. The van der Waals surface area contributed by atoms with Crippen LogP contribution in [0.2, 0.25) is 0 Å². The number of hydrogen-bond donors (Lipinski definition) is 2. The van der Waals surface area contributed by atoms with Crippen LogP contribution in [0.3, 0.4) is 0 Å². The second-order valence-corrected chi connectivity index (χ2v) is 5.83. The Morgan fingerprint density at radius 1 is 0.952 bits per heavy atom. The average molecular weight is 296 g/mol. The largest absolute Gasteiger partial charge is 0.508 e. The van der Waals surface area contributed by atoms with Crippen molar-refractivity contribution in [1.29, 1.82) is 0 Å². The van der Waals surface area contributed by atoms with E-state index < -0.39 is 0 Å². The first-order chi connectivity index (χ1) is 10.3. The summed E-state index contributed by atoms with van der Waals surface area (Å²) in [6, 6.07) is 17.3. The van der Waals surface area contributed by atoms with Crippen LogP contribution in [0.25, 0.3) is 21.8 Å². The molecule has 3 nitrogen and oxygen atoms in total. The Morgan fingerprint density at radius 3 is 2.33 bits per heavy atom. The Labute approximate surface area is 127 Å². The standard InChI is InChI=1S/C17H16N2OS/c18-11-10-15-16(12-4-2-1-3-5-12)19-17(21-15)13-6-8-14(20)9-7-13/h1-9,20H,10-11,18H2. The van der Waals surface area contributed by atoms with E-state index in [0.29, 0.717) is 6.54 Å². The van der Waals surface area contributed by atoms with Crippen LogP contribution in [0.5, 0.6) is 5.75 Å². The molecular formula is C17H16N2OS. The molecule has 3 aromatic rings. The Bertz CT molecular complexity index is 720. The number of aromatic hydroxyl groups is 1. The van der Waals surface area contributed by atoms with Crippen molar-refractivity contribution in [3.05, 3.63) is 59.5 Å². The highest BCUT2D eigenvalue weighted by Crippen LogP contribution is 2.34. The van der Waals surface area contributed by atoms with Gasteiger partial charge in [-0.2, -0.15) is 0 Å². The van der Waals surface area contributed by atoms with Crippen molar-refractivity contribution in [2.45, 2.75) is 6.42 Å². The van der Waals surface area contributed by atoms with Crippen molar-refractivity contribution in [2.24, 2.45) is 5.73 Å². The summed E-state index contributed by atoms with van der Waals surface area (Å²) in [5.74, 6) is 0.265. The molecular weight excluding hydrogens is 280 g/mol. The fraction of sp³-hybridized carbons (Fsp3) is 0.118. The Kier molecular flexibility index (Phi) is 3.99. The van der Waals surface area contributed by atoms with E-state index >= 15 is 0 Å². The number of benzene rings is 2. The molecule has 1 aromatic heterocycles. The van der Waals surface area contributed by atoms with E-state index in [9.17, 15) is 5.11 Å². The van der Waals surface area contributed by atoms with E-state index in [1.807, 2.05) is 30.3 Å². The number of rotatable bonds is 4. The summed E-state index contributed by atoms with van der Waals surface area (Å²) in [7, 11) is 0. The van der Waals surface area contributed by atoms with Gasteiger partial charge in [0.2, 0.25) is 0 Å². The molecule has 0 radical (unpaired) electrons. The molecule has 106 valence electrons. The maximum Gasteiger partial charge on any atom is 0.124 e. The molecule has 0 unspecified atom stereocenters. The summed E-state index contributed by atoms with van der Waals surface area (Å²) < 4.78 is 0. The smallest absolute Gasteiger partial charge is 0.124 e. The van der Waals surface area contributed by atoms with Gasteiger partial charge in [0.15, 0.2) is 0 Å². The fourth-order valence-corrected chi connectivity index (χ4v) is 3.31. The lowest BCUT2D eigenvalue weighted by molar-refractivity contribution is 0.475. The molecule has 0 spiro atoms. The Morgan fingerprint density at radius 2 is 1.67 bits per heavy atom. The van der Waals surface area contributed by atoms with Crippen LogP contribution in [0.15, 0.2) is 54.6 Å². The van der Waals surface area contributed by atoms with Crippen molar-refractivity contribution in [3.8, 4) is 27.6 Å². The van der Waals surface area contributed by atoms with Gasteiger partial charge in [-0.05, 0) is 37.2 Å². The third-order valence-electron chi connectivity index (χ3n) is 3.23. The molecule has 0 aliphatic rings. The topological polar surface area (TPSA) is 59.1 Å². The van der Waals surface area contributed by atoms with Crippen LogP contribution in [0, 0.1) is 0 Å². The maximum atomic E-state index is 9.39. The van der Waals surface area contributed by atoms with Crippen LogP contribution in [-0.4, -0.2) is 16.6 Å². The quantitative estimate of drug-likeness (QED) is 0.772. The monoisotopic (exact) mass is 296 g/mol. The summed E-state index contributed by atoms with van der Waals surface area (Å²) >= 11 is 1.67. The van der Waals surface area contributed by atoms with Gasteiger partial charge >= 0.3 is 0 Å². The van der Waals surface area contributed by atoms with Crippen LogP contribution in [-0.2, 0) is 6.42 Å². The number of nitrogens with two attached hydrogens (primary N) is 1. The number of phenols is 1. The van der Waals surface area contributed by atoms with Crippen molar-refractivity contribution in [1.82, 2.24) is 4.98 Å². The minimum atomic E-state index is 0.265. The number of nitrogens with zero attached hydrogens (tertiary/aromatic N) is 1. The lowest BCUT2D eigenvalue weighted by atomic mass is 10.1. The summed E-state index contributed by atoms with van der Waals surface area (Å²) in [6.07, 6.45) is 0.819. The molecule has 4 heteroatoms. The van der Waals surface area contributed by atoms with Gasteiger partial charge in [-0.25, -0.2) is 4.98 Å². The lowest BCUT2D eigenvalue weighted by Gasteiger charge is -2.00. The highest BCUT2D eigenvalue weighted by molar-refractivity contribution is 7.15. The molecule has 0 saturated heterocycles. The van der Waals surface area contributed by atoms with Gasteiger partial charge in [-0.15, -0.1) is 11.3 Å². The second kappa shape index (κ2) is 6.08. The molecule has 21 heavy (non-hydrogen) atoms. The molecule has 0 atom stereocenters. The lowest BCUT2D eigenvalue weighted by Crippen LogP contribution is -2.02. The number of aromatic nitrogens is 1. The van der Waals surface area contributed by atoms with E-state index in [1.54, 1.807) is 23.5 Å². The number of hydrogen-bond acceptors (Lipinski definition) is 4. The highest BCUT2D eigenvalue weighted by atomic mass is 32.1. The SMILES string of the molecule is NCCc1sc(-c2ccc(O)cc2)nc1-c1ccccc1. The Hall–Kier alpha value is -2.17. The summed E-state index contributed by atoms with van der Waals surface area (Å²) in [5, 5.41) is 10.3. The van der Waals surface area contributed by atoms with Crippen LogP contribution in [0.1, 0.15) is 4.88 Å². The van der Waals surface area contributed by atoms with Gasteiger partial charge in [-0.3, -0.25) is 0 Å². The predicted molar refractivity (Wildman–Crippen MR) is 87.4 cm³/mol. The first-order valence-electron chi connectivity index (χ1n) is 6.82. The van der Waals surface area contributed by atoms with Gasteiger partial charge in [0.25, 0.3) is 0 Å². The third kappa shape index (κ3) is 2.96. The summed E-state index contributed by atoms with van der Waals surface area (Å²) in [4.78, 5) is 5.98. The van der Waals surface area contributed by atoms with E-state index in [1.165, 1.54) is 4.88 Å². The van der Waals surface area contributed by atoms with Gasteiger partial charge in [0.1, 0.15) is 10.8 Å². The first kappa shape index (κ1) is 13.8. The van der Waals surface area contributed by atoms with Crippen molar-refractivity contribution >= 4 is 11.3 Å². The van der Waals surface area contributed by atoms with E-state index in [2.05, 4.69) is 12.1 Å².